The second-order valence-electron chi connectivity index (χ2n) is 7.37. The van der Waals surface area contributed by atoms with Crippen LogP contribution >= 0.6 is 15.9 Å². The summed E-state index contributed by atoms with van der Waals surface area (Å²) in [5.74, 6) is 1.73. The average Bonchev–Trinajstić information content (AvgIpc) is 2.79. The molecule has 1 aromatic heterocycles. The summed E-state index contributed by atoms with van der Waals surface area (Å²) in [5.41, 5.74) is 3.46. The minimum Gasteiger partial charge on any atom is -0.493 e. The Morgan fingerprint density at radius 1 is 1.03 bits per heavy atom. The van der Waals surface area contributed by atoms with Gasteiger partial charge in [-0.2, -0.15) is 9.78 Å². The van der Waals surface area contributed by atoms with Crippen molar-refractivity contribution in [1.82, 2.24) is 9.66 Å². The fourth-order valence-corrected chi connectivity index (χ4v) is 3.61. The molecule has 0 amide bonds. The Morgan fingerprint density at radius 3 is 2.56 bits per heavy atom. The summed E-state index contributed by atoms with van der Waals surface area (Å²) in [4.78, 5) is 17.4. The molecule has 0 spiro atoms. The molecule has 4 rings (SSSR count). The first kappa shape index (κ1) is 21.8. The second-order valence-corrected chi connectivity index (χ2v) is 8.28. The standard InChI is InChI=1S/C25H22BrN3O3/c1-16-4-6-18(7-5-16)15-32-23-11-8-19(12-24(23)31-3)14-27-29-17(2)28-22-10-9-20(26)13-21(22)25(29)30/h4-14H,15H2,1-3H3. The van der Waals surface area contributed by atoms with Gasteiger partial charge in [-0.1, -0.05) is 45.8 Å². The summed E-state index contributed by atoms with van der Waals surface area (Å²) in [7, 11) is 1.59. The minimum atomic E-state index is -0.227. The molecule has 32 heavy (non-hydrogen) atoms. The van der Waals surface area contributed by atoms with E-state index in [1.165, 1.54) is 10.2 Å². The van der Waals surface area contributed by atoms with E-state index < -0.39 is 0 Å². The maximum Gasteiger partial charge on any atom is 0.282 e. The lowest BCUT2D eigenvalue weighted by molar-refractivity contribution is 0.284. The number of fused-ring (bicyclic) bond motifs is 1. The van der Waals surface area contributed by atoms with Gasteiger partial charge in [0, 0.05) is 4.47 Å². The third kappa shape index (κ3) is 4.73. The van der Waals surface area contributed by atoms with Crippen LogP contribution in [0.3, 0.4) is 0 Å². The largest absolute Gasteiger partial charge is 0.493 e. The normalized spacial score (nSPS) is 11.2. The van der Waals surface area contributed by atoms with Crippen LogP contribution in [-0.4, -0.2) is 23.0 Å². The number of aryl methyl sites for hydroxylation is 2. The molecular weight excluding hydrogens is 470 g/mol. The molecule has 1 heterocycles. The van der Waals surface area contributed by atoms with Gasteiger partial charge in [-0.25, -0.2) is 4.98 Å². The van der Waals surface area contributed by atoms with Crippen LogP contribution in [0.25, 0.3) is 10.9 Å². The summed E-state index contributed by atoms with van der Waals surface area (Å²) in [6.45, 7) is 4.25. The number of benzene rings is 3. The first-order chi connectivity index (χ1) is 15.4. The highest BCUT2D eigenvalue weighted by Gasteiger charge is 2.09. The fraction of sp³-hybridized carbons (Fsp3) is 0.160. The predicted molar refractivity (Wildman–Crippen MR) is 130 cm³/mol. The molecule has 0 bridgehead atoms. The zero-order chi connectivity index (χ0) is 22.7. The van der Waals surface area contributed by atoms with Crippen LogP contribution in [-0.2, 0) is 6.61 Å². The van der Waals surface area contributed by atoms with Crippen molar-refractivity contribution in [3.05, 3.63) is 98.0 Å². The highest BCUT2D eigenvalue weighted by molar-refractivity contribution is 9.10. The van der Waals surface area contributed by atoms with Gasteiger partial charge >= 0.3 is 0 Å². The number of hydrogen-bond acceptors (Lipinski definition) is 5. The average molecular weight is 492 g/mol. The molecule has 0 aliphatic carbocycles. The number of hydrogen-bond donors (Lipinski definition) is 0. The van der Waals surface area contributed by atoms with Crippen molar-refractivity contribution in [3.63, 3.8) is 0 Å². The fourth-order valence-electron chi connectivity index (χ4n) is 3.25. The van der Waals surface area contributed by atoms with Gasteiger partial charge in [-0.15, -0.1) is 0 Å². The highest BCUT2D eigenvalue weighted by atomic mass is 79.9. The maximum atomic E-state index is 12.9. The van der Waals surface area contributed by atoms with Gasteiger partial charge in [0.05, 0.1) is 24.2 Å². The summed E-state index contributed by atoms with van der Waals surface area (Å²) in [6, 6.07) is 19.1. The van der Waals surface area contributed by atoms with E-state index >= 15 is 0 Å². The van der Waals surface area contributed by atoms with Crippen molar-refractivity contribution in [3.8, 4) is 11.5 Å². The molecule has 0 unspecified atom stereocenters. The highest BCUT2D eigenvalue weighted by Crippen LogP contribution is 2.28. The molecule has 0 saturated heterocycles. The van der Waals surface area contributed by atoms with E-state index in [0.717, 1.165) is 15.6 Å². The molecule has 6 nitrogen and oxygen atoms in total. The van der Waals surface area contributed by atoms with Crippen LogP contribution < -0.4 is 15.0 Å². The van der Waals surface area contributed by atoms with Gasteiger partial charge in [-0.3, -0.25) is 4.79 Å². The number of ether oxygens (including phenoxy) is 2. The van der Waals surface area contributed by atoms with Crippen LogP contribution in [0.15, 0.2) is 75.0 Å². The van der Waals surface area contributed by atoms with Crippen LogP contribution in [0.1, 0.15) is 22.5 Å². The van der Waals surface area contributed by atoms with Crippen molar-refractivity contribution in [2.24, 2.45) is 5.10 Å². The second kappa shape index (κ2) is 9.36. The van der Waals surface area contributed by atoms with Crippen molar-refractivity contribution in [2.45, 2.75) is 20.5 Å². The quantitative estimate of drug-likeness (QED) is 0.345. The van der Waals surface area contributed by atoms with Crippen molar-refractivity contribution in [2.75, 3.05) is 7.11 Å². The molecule has 0 N–H and O–H groups in total. The van der Waals surface area contributed by atoms with E-state index in [-0.39, 0.29) is 5.56 Å². The summed E-state index contributed by atoms with van der Waals surface area (Å²) < 4.78 is 13.5. The molecule has 162 valence electrons. The number of aromatic nitrogens is 2. The van der Waals surface area contributed by atoms with E-state index in [0.29, 0.717) is 34.8 Å². The molecule has 0 aliphatic heterocycles. The summed E-state index contributed by atoms with van der Waals surface area (Å²) in [6.07, 6.45) is 1.60. The predicted octanol–water partition coefficient (Wildman–Crippen LogP) is 5.25. The van der Waals surface area contributed by atoms with Crippen molar-refractivity contribution in [1.29, 1.82) is 0 Å². The monoisotopic (exact) mass is 491 g/mol. The Balaban J connectivity index is 1.58. The van der Waals surface area contributed by atoms with E-state index in [1.807, 2.05) is 42.5 Å². The van der Waals surface area contributed by atoms with Crippen LogP contribution in [0.5, 0.6) is 11.5 Å². The molecular formula is C25H22BrN3O3. The minimum absolute atomic E-state index is 0.227. The summed E-state index contributed by atoms with van der Waals surface area (Å²) >= 11 is 3.40. The van der Waals surface area contributed by atoms with Gasteiger partial charge in [0.2, 0.25) is 0 Å². The third-order valence-electron chi connectivity index (χ3n) is 5.00. The van der Waals surface area contributed by atoms with Gasteiger partial charge < -0.3 is 9.47 Å². The number of halogens is 1. The van der Waals surface area contributed by atoms with Gasteiger partial charge in [0.1, 0.15) is 12.4 Å². The lowest BCUT2D eigenvalue weighted by Gasteiger charge is -2.11. The third-order valence-corrected chi connectivity index (χ3v) is 5.49. The molecule has 0 aliphatic rings. The Kier molecular flexibility index (Phi) is 6.37. The lowest BCUT2D eigenvalue weighted by Crippen LogP contribution is -2.20. The molecule has 0 radical (unpaired) electrons. The maximum absolute atomic E-state index is 12.9. The van der Waals surface area contributed by atoms with E-state index in [9.17, 15) is 4.79 Å². The van der Waals surface area contributed by atoms with Crippen LogP contribution in [0.4, 0.5) is 0 Å². The Hall–Kier alpha value is -3.45. The van der Waals surface area contributed by atoms with Crippen LogP contribution in [0, 0.1) is 13.8 Å². The topological polar surface area (TPSA) is 65.7 Å². The van der Waals surface area contributed by atoms with E-state index in [4.69, 9.17) is 9.47 Å². The molecule has 3 aromatic carbocycles. The zero-order valence-corrected chi connectivity index (χ0v) is 19.6. The molecule has 7 heteroatoms. The first-order valence-electron chi connectivity index (χ1n) is 10.0. The van der Waals surface area contributed by atoms with Gasteiger partial charge in [0.25, 0.3) is 5.56 Å². The number of methoxy groups -OCH3 is 1. The van der Waals surface area contributed by atoms with E-state index in [1.54, 1.807) is 26.3 Å². The molecule has 4 aromatic rings. The van der Waals surface area contributed by atoms with Crippen molar-refractivity contribution < 1.29 is 9.47 Å². The first-order valence-corrected chi connectivity index (χ1v) is 10.8. The summed E-state index contributed by atoms with van der Waals surface area (Å²) in [5, 5.41) is 4.87. The molecule has 0 atom stereocenters. The number of nitrogens with zero attached hydrogens (tertiary/aromatic N) is 3. The molecule has 0 saturated carbocycles. The van der Waals surface area contributed by atoms with Crippen LogP contribution in [0.2, 0.25) is 0 Å². The smallest absolute Gasteiger partial charge is 0.282 e. The zero-order valence-electron chi connectivity index (χ0n) is 18.0. The lowest BCUT2D eigenvalue weighted by atomic mass is 10.2. The SMILES string of the molecule is COc1cc(C=Nn2c(C)nc3ccc(Br)cc3c2=O)ccc1OCc1ccc(C)cc1. The Morgan fingerprint density at radius 2 is 1.81 bits per heavy atom. The molecule has 0 fully saturated rings. The van der Waals surface area contributed by atoms with Gasteiger partial charge in [-0.05, 0) is 61.4 Å². The Labute approximate surface area is 194 Å². The van der Waals surface area contributed by atoms with E-state index in [2.05, 4.69) is 45.1 Å². The number of rotatable bonds is 6. The van der Waals surface area contributed by atoms with Crippen molar-refractivity contribution >= 4 is 33.0 Å². The Bertz CT molecular complexity index is 1360. The van der Waals surface area contributed by atoms with Gasteiger partial charge in [0.15, 0.2) is 11.5 Å².